The van der Waals surface area contributed by atoms with Crippen molar-refractivity contribution in [1.29, 1.82) is 5.26 Å². The Balaban J connectivity index is 2.32. The SMILES string of the molecule is C[C@@H](C#N)OC(=O)c1ccc(Sc2nncn2C)c([N+](=O)[O-])c1. The minimum absolute atomic E-state index is 0.00103. The van der Waals surface area contributed by atoms with E-state index in [4.69, 9.17) is 10.00 Å². The van der Waals surface area contributed by atoms with Crippen molar-refractivity contribution in [3.05, 3.63) is 40.2 Å². The second kappa shape index (κ2) is 6.89. The highest BCUT2D eigenvalue weighted by Crippen LogP contribution is 2.34. The number of nitrogens with zero attached hydrogens (tertiary/aromatic N) is 5. The summed E-state index contributed by atoms with van der Waals surface area (Å²) in [7, 11) is 1.71. The van der Waals surface area contributed by atoms with Gasteiger partial charge >= 0.3 is 5.97 Å². The molecule has 1 aromatic carbocycles. The molecular weight excluding hydrogens is 322 g/mol. The van der Waals surface area contributed by atoms with Gasteiger partial charge < -0.3 is 9.30 Å². The maximum atomic E-state index is 11.8. The summed E-state index contributed by atoms with van der Waals surface area (Å²) in [5.74, 6) is -0.794. The first-order chi connectivity index (χ1) is 10.9. The Morgan fingerprint density at radius 2 is 2.30 bits per heavy atom. The van der Waals surface area contributed by atoms with Crippen LogP contribution in [-0.4, -0.2) is 31.8 Å². The summed E-state index contributed by atoms with van der Waals surface area (Å²) < 4.78 is 6.45. The van der Waals surface area contributed by atoms with Gasteiger partial charge in [0.1, 0.15) is 12.4 Å². The number of carbonyl (C=O) groups is 1. The molecule has 2 rings (SSSR count). The maximum Gasteiger partial charge on any atom is 0.339 e. The third-order valence-corrected chi connectivity index (χ3v) is 3.85. The van der Waals surface area contributed by atoms with E-state index in [1.54, 1.807) is 17.7 Å². The molecule has 2 aromatic rings. The molecule has 0 radical (unpaired) electrons. The maximum absolute atomic E-state index is 11.8. The Kier molecular flexibility index (Phi) is 4.92. The summed E-state index contributed by atoms with van der Waals surface area (Å²) in [5.41, 5.74) is -0.252. The van der Waals surface area contributed by atoms with E-state index in [1.165, 1.54) is 25.4 Å². The van der Waals surface area contributed by atoms with Crippen LogP contribution in [0.3, 0.4) is 0 Å². The third-order valence-electron chi connectivity index (χ3n) is 2.73. The molecule has 0 N–H and O–H groups in total. The van der Waals surface area contributed by atoms with Gasteiger partial charge in [0.2, 0.25) is 0 Å². The molecule has 0 unspecified atom stereocenters. The molecule has 0 saturated carbocycles. The number of esters is 1. The average Bonchev–Trinajstić information content (AvgIpc) is 2.92. The zero-order valence-corrected chi connectivity index (χ0v) is 13.0. The molecule has 118 valence electrons. The van der Waals surface area contributed by atoms with Crippen molar-refractivity contribution in [2.45, 2.75) is 23.1 Å². The number of carbonyl (C=O) groups excluding carboxylic acids is 1. The molecule has 0 bridgehead atoms. The predicted molar refractivity (Wildman–Crippen MR) is 78.7 cm³/mol. The number of rotatable bonds is 5. The summed E-state index contributed by atoms with van der Waals surface area (Å²) in [6.45, 7) is 1.41. The molecule has 0 saturated heterocycles. The average molecular weight is 333 g/mol. The Bertz CT molecular complexity index is 798. The molecule has 9 nitrogen and oxygen atoms in total. The molecule has 0 spiro atoms. The van der Waals surface area contributed by atoms with Gasteiger partial charge in [0.25, 0.3) is 5.69 Å². The molecule has 23 heavy (non-hydrogen) atoms. The van der Waals surface area contributed by atoms with Gasteiger partial charge in [0.05, 0.1) is 15.4 Å². The summed E-state index contributed by atoms with van der Waals surface area (Å²) in [4.78, 5) is 22.8. The quantitative estimate of drug-likeness (QED) is 0.462. The summed E-state index contributed by atoms with van der Waals surface area (Å²) in [6.07, 6.45) is 0.539. The van der Waals surface area contributed by atoms with E-state index in [9.17, 15) is 14.9 Å². The van der Waals surface area contributed by atoms with Crippen molar-refractivity contribution in [3.8, 4) is 6.07 Å². The van der Waals surface area contributed by atoms with Gasteiger partial charge in [-0.3, -0.25) is 10.1 Å². The Morgan fingerprint density at radius 3 is 2.87 bits per heavy atom. The van der Waals surface area contributed by atoms with Gasteiger partial charge in [-0.25, -0.2) is 4.79 Å². The van der Waals surface area contributed by atoms with Crippen molar-refractivity contribution in [2.24, 2.45) is 7.05 Å². The zero-order valence-electron chi connectivity index (χ0n) is 12.2. The topological polar surface area (TPSA) is 124 Å². The van der Waals surface area contributed by atoms with Gasteiger partial charge in [0.15, 0.2) is 11.3 Å². The Morgan fingerprint density at radius 1 is 1.57 bits per heavy atom. The lowest BCUT2D eigenvalue weighted by Gasteiger charge is -2.07. The molecule has 0 fully saturated rings. The van der Waals surface area contributed by atoms with E-state index in [-0.39, 0.29) is 11.3 Å². The van der Waals surface area contributed by atoms with Gasteiger partial charge in [-0.1, -0.05) is 0 Å². The molecular formula is C13H11N5O4S. The van der Waals surface area contributed by atoms with Gasteiger partial charge in [0, 0.05) is 13.1 Å². The molecule has 0 amide bonds. The molecule has 1 heterocycles. The first-order valence-corrected chi connectivity index (χ1v) is 7.15. The smallest absolute Gasteiger partial charge is 0.339 e. The highest BCUT2D eigenvalue weighted by Gasteiger charge is 2.21. The zero-order chi connectivity index (χ0) is 17.0. The van der Waals surface area contributed by atoms with Crippen LogP contribution < -0.4 is 0 Å². The number of benzene rings is 1. The van der Waals surface area contributed by atoms with E-state index in [2.05, 4.69) is 10.2 Å². The number of ether oxygens (including phenoxy) is 1. The van der Waals surface area contributed by atoms with E-state index < -0.39 is 17.0 Å². The van der Waals surface area contributed by atoms with Crippen molar-refractivity contribution < 1.29 is 14.5 Å². The van der Waals surface area contributed by atoms with Crippen LogP contribution in [0.4, 0.5) is 5.69 Å². The van der Waals surface area contributed by atoms with Crippen molar-refractivity contribution >= 4 is 23.4 Å². The molecule has 0 aliphatic rings. The standard InChI is InChI=1S/C13H11N5O4S/c1-8(6-14)22-12(19)9-3-4-11(10(5-9)18(20)21)23-13-16-15-7-17(13)2/h3-5,7-8H,1-2H3/t8-/m0/s1. The normalized spacial score (nSPS) is 11.5. The van der Waals surface area contributed by atoms with E-state index in [1.807, 2.05) is 0 Å². The Labute approximate surface area is 135 Å². The fraction of sp³-hybridized carbons (Fsp3) is 0.231. The molecule has 10 heteroatoms. The number of hydrogen-bond donors (Lipinski definition) is 0. The van der Waals surface area contributed by atoms with Crippen LogP contribution in [0.5, 0.6) is 0 Å². The lowest BCUT2D eigenvalue weighted by Crippen LogP contribution is -2.13. The number of aryl methyl sites for hydroxylation is 1. The summed E-state index contributed by atoms with van der Waals surface area (Å²) in [6, 6.07) is 5.70. The predicted octanol–water partition coefficient (Wildman–Crippen LogP) is 1.94. The third kappa shape index (κ3) is 3.83. The lowest BCUT2D eigenvalue weighted by atomic mass is 10.2. The highest BCUT2D eigenvalue weighted by molar-refractivity contribution is 7.99. The van der Waals surface area contributed by atoms with Crippen LogP contribution in [0.2, 0.25) is 0 Å². The van der Waals surface area contributed by atoms with Gasteiger partial charge in [-0.2, -0.15) is 5.26 Å². The summed E-state index contributed by atoms with van der Waals surface area (Å²) in [5, 5.41) is 27.9. The number of nitriles is 1. The van der Waals surface area contributed by atoms with E-state index >= 15 is 0 Å². The highest BCUT2D eigenvalue weighted by atomic mass is 32.2. The minimum Gasteiger partial charge on any atom is -0.444 e. The number of hydrogen-bond acceptors (Lipinski definition) is 8. The van der Waals surface area contributed by atoms with Crippen LogP contribution in [0, 0.1) is 21.4 Å². The summed E-state index contributed by atoms with van der Waals surface area (Å²) >= 11 is 1.06. The fourth-order valence-corrected chi connectivity index (χ4v) is 2.44. The van der Waals surface area contributed by atoms with Crippen LogP contribution in [0.15, 0.2) is 34.6 Å². The molecule has 0 aliphatic carbocycles. The minimum atomic E-state index is -0.936. The van der Waals surface area contributed by atoms with Crippen molar-refractivity contribution in [2.75, 3.05) is 0 Å². The largest absolute Gasteiger partial charge is 0.444 e. The van der Waals surface area contributed by atoms with Crippen LogP contribution in [-0.2, 0) is 11.8 Å². The number of aromatic nitrogens is 3. The van der Waals surface area contributed by atoms with E-state index in [0.29, 0.717) is 10.1 Å². The molecule has 0 aliphatic heterocycles. The first kappa shape index (κ1) is 16.4. The number of nitro benzene ring substituents is 1. The monoisotopic (exact) mass is 333 g/mol. The lowest BCUT2D eigenvalue weighted by molar-refractivity contribution is -0.387. The number of nitro groups is 1. The van der Waals surface area contributed by atoms with E-state index in [0.717, 1.165) is 17.8 Å². The van der Waals surface area contributed by atoms with Gasteiger partial charge in [-0.05, 0) is 30.8 Å². The van der Waals surface area contributed by atoms with Crippen LogP contribution in [0.1, 0.15) is 17.3 Å². The van der Waals surface area contributed by atoms with Crippen molar-refractivity contribution in [1.82, 2.24) is 14.8 Å². The second-order valence-corrected chi connectivity index (χ2v) is 5.45. The van der Waals surface area contributed by atoms with Gasteiger partial charge in [-0.15, -0.1) is 10.2 Å². The fourth-order valence-electron chi connectivity index (χ4n) is 1.59. The van der Waals surface area contributed by atoms with Crippen LogP contribution in [0.25, 0.3) is 0 Å². The van der Waals surface area contributed by atoms with Crippen molar-refractivity contribution in [3.63, 3.8) is 0 Å². The first-order valence-electron chi connectivity index (χ1n) is 6.33. The van der Waals surface area contributed by atoms with Crippen LogP contribution >= 0.6 is 11.8 Å². The molecule has 1 aromatic heterocycles. The molecule has 1 atom stereocenters. The Hall–Kier alpha value is -2.93. The second-order valence-electron chi connectivity index (χ2n) is 4.44.